The average molecular weight is 225 g/mol. The first-order valence-electron chi connectivity index (χ1n) is 5.25. The topological polar surface area (TPSA) is 61.7 Å². The van der Waals surface area contributed by atoms with Crippen molar-refractivity contribution in [1.82, 2.24) is 5.32 Å². The van der Waals surface area contributed by atoms with Crippen LogP contribution in [-0.4, -0.2) is 37.0 Å². The standard InChI is InChI=1S/C12H19NO3/c1-8-4-5-9(6-10(8)14)12(16-3)11(15)7-13-2/h4-6,11-15H,7H2,1-3H3. The molecule has 90 valence electrons. The van der Waals surface area contributed by atoms with Crippen molar-refractivity contribution in [2.24, 2.45) is 0 Å². The molecule has 1 aromatic carbocycles. The summed E-state index contributed by atoms with van der Waals surface area (Å²) in [6.45, 7) is 2.26. The average Bonchev–Trinajstić information content (AvgIpc) is 2.25. The van der Waals surface area contributed by atoms with Crippen LogP contribution in [0, 0.1) is 6.92 Å². The van der Waals surface area contributed by atoms with Crippen LogP contribution in [0.25, 0.3) is 0 Å². The Bertz CT molecular complexity index is 341. The number of benzene rings is 1. The van der Waals surface area contributed by atoms with Crippen molar-refractivity contribution < 1.29 is 14.9 Å². The molecule has 0 saturated carbocycles. The zero-order chi connectivity index (χ0) is 12.1. The van der Waals surface area contributed by atoms with Crippen molar-refractivity contribution in [3.8, 4) is 5.75 Å². The van der Waals surface area contributed by atoms with Gasteiger partial charge in [0.2, 0.25) is 0 Å². The Labute approximate surface area is 95.9 Å². The molecule has 4 heteroatoms. The van der Waals surface area contributed by atoms with Gasteiger partial charge in [0.05, 0.1) is 6.10 Å². The normalized spacial score (nSPS) is 14.8. The molecule has 4 nitrogen and oxygen atoms in total. The summed E-state index contributed by atoms with van der Waals surface area (Å²) < 4.78 is 5.24. The Morgan fingerprint density at radius 2 is 2.12 bits per heavy atom. The lowest BCUT2D eigenvalue weighted by Gasteiger charge is -2.22. The summed E-state index contributed by atoms with van der Waals surface area (Å²) in [7, 11) is 3.31. The number of aliphatic hydroxyl groups excluding tert-OH is 1. The van der Waals surface area contributed by atoms with Crippen LogP contribution in [0.15, 0.2) is 18.2 Å². The summed E-state index contributed by atoms with van der Waals surface area (Å²) in [5.41, 5.74) is 1.58. The Hall–Kier alpha value is -1.10. The number of methoxy groups -OCH3 is 1. The van der Waals surface area contributed by atoms with E-state index >= 15 is 0 Å². The Morgan fingerprint density at radius 1 is 1.44 bits per heavy atom. The molecule has 0 aliphatic heterocycles. The number of ether oxygens (including phenoxy) is 1. The molecule has 16 heavy (non-hydrogen) atoms. The van der Waals surface area contributed by atoms with E-state index < -0.39 is 12.2 Å². The van der Waals surface area contributed by atoms with Crippen molar-refractivity contribution >= 4 is 0 Å². The summed E-state index contributed by atoms with van der Waals surface area (Å²) in [5, 5.41) is 22.3. The fourth-order valence-corrected chi connectivity index (χ4v) is 1.63. The predicted molar refractivity (Wildman–Crippen MR) is 62.5 cm³/mol. The highest BCUT2D eigenvalue weighted by molar-refractivity contribution is 5.36. The molecule has 0 amide bonds. The largest absolute Gasteiger partial charge is 0.508 e. The molecule has 0 saturated heterocycles. The van der Waals surface area contributed by atoms with Gasteiger partial charge in [0, 0.05) is 13.7 Å². The number of phenolic OH excluding ortho intramolecular Hbond substituents is 1. The third kappa shape index (κ3) is 2.95. The summed E-state index contributed by atoms with van der Waals surface area (Å²) >= 11 is 0. The van der Waals surface area contributed by atoms with Crippen LogP contribution in [0.2, 0.25) is 0 Å². The molecule has 0 radical (unpaired) electrons. The molecule has 0 aliphatic rings. The Kier molecular flexibility index (Phi) is 4.73. The molecule has 0 bridgehead atoms. The SMILES string of the molecule is CNCC(O)C(OC)c1ccc(C)c(O)c1. The fourth-order valence-electron chi connectivity index (χ4n) is 1.63. The molecule has 2 unspecified atom stereocenters. The fraction of sp³-hybridized carbons (Fsp3) is 0.500. The molecule has 0 aliphatic carbocycles. The van der Waals surface area contributed by atoms with E-state index in [9.17, 15) is 10.2 Å². The van der Waals surface area contributed by atoms with Crippen molar-refractivity contribution in [2.75, 3.05) is 20.7 Å². The van der Waals surface area contributed by atoms with Crippen LogP contribution in [0.3, 0.4) is 0 Å². The number of aliphatic hydroxyl groups is 1. The maximum absolute atomic E-state index is 9.85. The molecule has 2 atom stereocenters. The third-order valence-corrected chi connectivity index (χ3v) is 2.58. The van der Waals surface area contributed by atoms with Gasteiger partial charge in [-0.2, -0.15) is 0 Å². The van der Waals surface area contributed by atoms with Gasteiger partial charge in [-0.3, -0.25) is 0 Å². The van der Waals surface area contributed by atoms with Gasteiger partial charge < -0.3 is 20.3 Å². The molecular formula is C12H19NO3. The lowest BCUT2D eigenvalue weighted by Crippen LogP contribution is -2.30. The number of phenols is 1. The quantitative estimate of drug-likeness (QED) is 0.698. The first kappa shape index (κ1) is 13.0. The smallest absolute Gasteiger partial charge is 0.118 e. The van der Waals surface area contributed by atoms with Crippen LogP contribution < -0.4 is 5.32 Å². The van der Waals surface area contributed by atoms with E-state index in [2.05, 4.69) is 5.32 Å². The van der Waals surface area contributed by atoms with Gasteiger partial charge in [0.25, 0.3) is 0 Å². The highest BCUT2D eigenvalue weighted by Crippen LogP contribution is 2.26. The Morgan fingerprint density at radius 3 is 2.62 bits per heavy atom. The number of aryl methyl sites for hydroxylation is 1. The minimum Gasteiger partial charge on any atom is -0.508 e. The van der Waals surface area contributed by atoms with Crippen molar-refractivity contribution in [3.63, 3.8) is 0 Å². The molecule has 0 fully saturated rings. The molecule has 1 aromatic rings. The van der Waals surface area contributed by atoms with Gasteiger partial charge in [-0.15, -0.1) is 0 Å². The molecule has 0 spiro atoms. The molecule has 1 rings (SSSR count). The third-order valence-electron chi connectivity index (χ3n) is 2.58. The second-order valence-corrected chi connectivity index (χ2v) is 3.83. The van der Waals surface area contributed by atoms with E-state index in [1.54, 1.807) is 20.2 Å². The number of likely N-dealkylation sites (N-methyl/N-ethyl adjacent to an activating group) is 1. The van der Waals surface area contributed by atoms with Gasteiger partial charge >= 0.3 is 0 Å². The monoisotopic (exact) mass is 225 g/mol. The minimum absolute atomic E-state index is 0.219. The van der Waals surface area contributed by atoms with Crippen LogP contribution in [0.5, 0.6) is 5.75 Å². The van der Waals surface area contributed by atoms with Crippen LogP contribution in [0.4, 0.5) is 0 Å². The number of hydrogen-bond acceptors (Lipinski definition) is 4. The number of hydrogen-bond donors (Lipinski definition) is 3. The highest BCUT2D eigenvalue weighted by Gasteiger charge is 2.20. The van der Waals surface area contributed by atoms with E-state index in [-0.39, 0.29) is 5.75 Å². The maximum atomic E-state index is 9.85. The van der Waals surface area contributed by atoms with Crippen molar-refractivity contribution in [2.45, 2.75) is 19.1 Å². The molecule has 0 aromatic heterocycles. The number of rotatable bonds is 5. The van der Waals surface area contributed by atoms with Crippen LogP contribution >= 0.6 is 0 Å². The second-order valence-electron chi connectivity index (χ2n) is 3.83. The van der Waals surface area contributed by atoms with Crippen LogP contribution in [0.1, 0.15) is 17.2 Å². The summed E-state index contributed by atoms with van der Waals surface area (Å²) in [6, 6.07) is 5.28. The minimum atomic E-state index is -0.642. The van der Waals surface area contributed by atoms with E-state index in [1.165, 1.54) is 0 Å². The number of aromatic hydroxyl groups is 1. The van der Waals surface area contributed by atoms with E-state index in [0.29, 0.717) is 6.54 Å². The lowest BCUT2D eigenvalue weighted by molar-refractivity contribution is -0.0116. The van der Waals surface area contributed by atoms with Gasteiger partial charge in [0.15, 0.2) is 0 Å². The summed E-state index contributed by atoms with van der Waals surface area (Å²) in [5.74, 6) is 0.219. The van der Waals surface area contributed by atoms with Gasteiger partial charge in [0.1, 0.15) is 11.9 Å². The van der Waals surface area contributed by atoms with E-state index in [0.717, 1.165) is 11.1 Å². The molecule has 3 N–H and O–H groups in total. The summed E-state index contributed by atoms with van der Waals surface area (Å²) in [6.07, 6.45) is -1.07. The van der Waals surface area contributed by atoms with Crippen molar-refractivity contribution in [1.29, 1.82) is 0 Å². The van der Waals surface area contributed by atoms with Crippen molar-refractivity contribution in [3.05, 3.63) is 29.3 Å². The Balaban J connectivity index is 2.90. The first-order valence-corrected chi connectivity index (χ1v) is 5.25. The lowest BCUT2D eigenvalue weighted by atomic mass is 10.0. The first-order chi connectivity index (χ1) is 7.60. The molecule has 0 heterocycles. The van der Waals surface area contributed by atoms with E-state index in [1.807, 2.05) is 19.1 Å². The maximum Gasteiger partial charge on any atom is 0.118 e. The second kappa shape index (κ2) is 5.84. The zero-order valence-electron chi connectivity index (χ0n) is 9.90. The summed E-state index contributed by atoms with van der Waals surface area (Å²) in [4.78, 5) is 0. The van der Waals surface area contributed by atoms with Gasteiger partial charge in [-0.05, 0) is 31.2 Å². The predicted octanol–water partition coefficient (Wildman–Crippen LogP) is 0.968. The van der Waals surface area contributed by atoms with Crippen LogP contribution in [-0.2, 0) is 4.74 Å². The highest BCUT2D eigenvalue weighted by atomic mass is 16.5. The van der Waals surface area contributed by atoms with Gasteiger partial charge in [-0.25, -0.2) is 0 Å². The van der Waals surface area contributed by atoms with E-state index in [4.69, 9.17) is 4.74 Å². The number of nitrogens with one attached hydrogen (secondary N) is 1. The van der Waals surface area contributed by atoms with Gasteiger partial charge in [-0.1, -0.05) is 12.1 Å². The molecular weight excluding hydrogens is 206 g/mol. The zero-order valence-corrected chi connectivity index (χ0v) is 9.90.